The first-order valence-electron chi connectivity index (χ1n) is 6.24. The topological polar surface area (TPSA) is 95.0 Å². The predicted octanol–water partition coefficient (Wildman–Crippen LogP) is -2.07. The highest BCUT2D eigenvalue weighted by Gasteiger charge is 2.02. The molecule has 0 fully saturated rings. The maximum absolute atomic E-state index is 10.4. The number of pyridine rings is 2. The number of amides is 2. The highest BCUT2D eigenvalue weighted by molar-refractivity contribution is 9.10. The first kappa shape index (κ1) is 21.7. The Balaban J connectivity index is 0.000000403. The maximum Gasteiger partial charge on any atom is 0.283 e. The molecule has 23 heavy (non-hydrogen) atoms. The van der Waals surface area contributed by atoms with Gasteiger partial charge in [-0.15, -0.1) is 0 Å². The van der Waals surface area contributed by atoms with Gasteiger partial charge in [0.15, 0.2) is 12.4 Å². The SMILES string of the molecule is NC(=O)C[n+]1ccc(Br)cc1.NC(=O)Cn1ccc(=S)cc1.[I-]. The number of nitrogens with two attached hydrogens (primary N) is 2. The molecule has 2 aromatic rings. The van der Waals surface area contributed by atoms with E-state index in [1.807, 2.05) is 12.1 Å². The zero-order valence-electron chi connectivity index (χ0n) is 12.1. The molecule has 6 nitrogen and oxygen atoms in total. The molecule has 0 aromatic carbocycles. The van der Waals surface area contributed by atoms with Crippen LogP contribution in [-0.4, -0.2) is 16.4 Å². The monoisotopic (exact) mass is 510 g/mol. The van der Waals surface area contributed by atoms with Crippen molar-refractivity contribution in [1.29, 1.82) is 0 Å². The number of carbonyl (C=O) groups excluding carboxylic acids is 2. The summed E-state index contributed by atoms with van der Waals surface area (Å²) in [5.74, 6) is -0.690. The molecule has 0 bridgehead atoms. The van der Waals surface area contributed by atoms with Gasteiger partial charge in [-0.2, -0.15) is 4.57 Å². The molecule has 0 aliphatic heterocycles. The van der Waals surface area contributed by atoms with Crippen molar-refractivity contribution >= 4 is 40.0 Å². The number of nitrogens with zero attached hydrogens (tertiary/aromatic N) is 2. The predicted molar refractivity (Wildman–Crippen MR) is 88.0 cm³/mol. The maximum atomic E-state index is 10.4. The Hall–Kier alpha value is -1.33. The van der Waals surface area contributed by atoms with Crippen molar-refractivity contribution in [2.45, 2.75) is 13.1 Å². The molecule has 0 aliphatic carbocycles. The number of hydrogen-bond donors (Lipinski definition) is 2. The van der Waals surface area contributed by atoms with E-state index in [2.05, 4.69) is 15.9 Å². The van der Waals surface area contributed by atoms with Gasteiger partial charge in [-0.3, -0.25) is 9.59 Å². The Morgan fingerprint density at radius 1 is 1.09 bits per heavy atom. The van der Waals surface area contributed by atoms with Gasteiger partial charge in [0.25, 0.3) is 5.91 Å². The molecule has 2 rings (SSSR count). The molecule has 0 aliphatic rings. The minimum Gasteiger partial charge on any atom is -1.00 e. The Morgan fingerprint density at radius 3 is 2.04 bits per heavy atom. The zero-order valence-corrected chi connectivity index (χ0v) is 16.6. The summed E-state index contributed by atoms with van der Waals surface area (Å²) in [6.45, 7) is 0.433. The van der Waals surface area contributed by atoms with Crippen LogP contribution in [0.5, 0.6) is 0 Å². The molecule has 0 unspecified atom stereocenters. The number of carbonyl (C=O) groups is 2. The van der Waals surface area contributed by atoms with E-state index in [0.717, 1.165) is 8.98 Å². The highest BCUT2D eigenvalue weighted by Crippen LogP contribution is 2.03. The fourth-order valence-electron chi connectivity index (χ4n) is 1.45. The zero-order chi connectivity index (χ0) is 16.5. The van der Waals surface area contributed by atoms with Crippen LogP contribution in [0.4, 0.5) is 0 Å². The van der Waals surface area contributed by atoms with Gasteiger partial charge < -0.3 is 40.0 Å². The van der Waals surface area contributed by atoms with Crippen LogP contribution in [0.25, 0.3) is 0 Å². The van der Waals surface area contributed by atoms with Crippen LogP contribution < -0.4 is 40.0 Å². The van der Waals surface area contributed by atoms with Crippen LogP contribution in [0.1, 0.15) is 0 Å². The second-order valence-corrected chi connectivity index (χ2v) is 5.71. The van der Waals surface area contributed by atoms with Gasteiger partial charge in [0.05, 0.1) is 0 Å². The lowest BCUT2D eigenvalue weighted by Gasteiger charge is -2.00. The number of primary amides is 2. The lowest BCUT2D eigenvalue weighted by Crippen LogP contribution is -3.00. The van der Waals surface area contributed by atoms with E-state index in [1.165, 1.54) is 0 Å². The number of rotatable bonds is 4. The molecule has 9 heteroatoms. The van der Waals surface area contributed by atoms with Crippen molar-refractivity contribution < 1.29 is 38.1 Å². The molecule has 0 radical (unpaired) electrons. The highest BCUT2D eigenvalue weighted by atomic mass is 127. The number of halogens is 2. The second-order valence-electron chi connectivity index (χ2n) is 4.33. The molecule has 124 valence electrons. The molecule has 0 spiro atoms. The summed E-state index contributed by atoms with van der Waals surface area (Å²) in [7, 11) is 0. The molecule has 0 atom stereocenters. The standard InChI is InChI=1S/C7H7BrN2O.C7H8N2OS.HI/c8-6-1-3-10(4-2-6)5-7(9)11;8-7(10)5-9-3-1-6(11)2-4-9;/h1-4H,5H2,(H-,9,11);1-4H,5H2,(H2,8,10);1H. The largest absolute Gasteiger partial charge is 1.00 e. The van der Waals surface area contributed by atoms with Crippen LogP contribution in [0.3, 0.4) is 0 Å². The molecular weight excluding hydrogens is 495 g/mol. The third-order valence-corrected chi connectivity index (χ3v) is 3.19. The van der Waals surface area contributed by atoms with Crippen molar-refractivity contribution in [3.63, 3.8) is 0 Å². The van der Waals surface area contributed by atoms with Gasteiger partial charge in [0.2, 0.25) is 12.5 Å². The Labute approximate surface area is 164 Å². The summed E-state index contributed by atoms with van der Waals surface area (Å²) < 4.78 is 5.13. The van der Waals surface area contributed by atoms with Gasteiger partial charge in [-0.25, -0.2) is 0 Å². The molecule has 2 heterocycles. The molecule has 0 saturated heterocycles. The van der Waals surface area contributed by atoms with Gasteiger partial charge in [0, 0.05) is 33.5 Å². The second kappa shape index (κ2) is 11.2. The van der Waals surface area contributed by atoms with Crippen LogP contribution in [0, 0.1) is 4.51 Å². The van der Waals surface area contributed by atoms with E-state index < -0.39 is 0 Å². The lowest BCUT2D eigenvalue weighted by molar-refractivity contribution is -0.684. The molecule has 0 saturated carbocycles. The molecule has 2 amide bonds. The van der Waals surface area contributed by atoms with Crippen LogP contribution in [-0.2, 0) is 22.7 Å². The summed E-state index contributed by atoms with van der Waals surface area (Å²) in [6, 6.07) is 7.20. The molecular formula is C14H16BrIN4O2S. The van der Waals surface area contributed by atoms with E-state index in [1.54, 1.807) is 46.1 Å². The summed E-state index contributed by atoms with van der Waals surface area (Å²) in [4.78, 5) is 20.9. The van der Waals surface area contributed by atoms with Gasteiger partial charge in [-0.05, 0) is 12.1 Å². The van der Waals surface area contributed by atoms with Crippen molar-refractivity contribution in [2.75, 3.05) is 0 Å². The van der Waals surface area contributed by atoms with E-state index in [4.69, 9.17) is 23.7 Å². The average molecular weight is 511 g/mol. The summed E-state index contributed by atoms with van der Waals surface area (Å²) >= 11 is 8.14. The third-order valence-electron chi connectivity index (χ3n) is 2.39. The van der Waals surface area contributed by atoms with Crippen molar-refractivity contribution in [3.8, 4) is 0 Å². The van der Waals surface area contributed by atoms with E-state index in [0.29, 0.717) is 0 Å². The lowest BCUT2D eigenvalue weighted by atomic mass is 10.4. The smallest absolute Gasteiger partial charge is 0.283 e. The van der Waals surface area contributed by atoms with Gasteiger partial charge in [0.1, 0.15) is 6.54 Å². The van der Waals surface area contributed by atoms with E-state index in [9.17, 15) is 9.59 Å². The Morgan fingerprint density at radius 2 is 1.61 bits per heavy atom. The normalized spacial score (nSPS) is 9.09. The minimum absolute atomic E-state index is 0. The van der Waals surface area contributed by atoms with Crippen molar-refractivity contribution in [2.24, 2.45) is 11.5 Å². The number of aromatic nitrogens is 2. The quantitative estimate of drug-likeness (QED) is 0.281. The summed E-state index contributed by atoms with van der Waals surface area (Å²) in [5, 5.41) is 0. The average Bonchev–Trinajstić information content (AvgIpc) is 2.44. The first-order valence-corrected chi connectivity index (χ1v) is 7.44. The summed E-state index contributed by atoms with van der Waals surface area (Å²) in [6.07, 6.45) is 7.03. The van der Waals surface area contributed by atoms with Crippen LogP contribution in [0.2, 0.25) is 0 Å². The fourth-order valence-corrected chi connectivity index (χ4v) is 1.81. The van der Waals surface area contributed by atoms with Gasteiger partial charge >= 0.3 is 0 Å². The van der Waals surface area contributed by atoms with Gasteiger partial charge in [-0.1, -0.05) is 28.1 Å². The molecule has 4 N–H and O–H groups in total. The van der Waals surface area contributed by atoms with E-state index in [-0.39, 0.29) is 48.9 Å². The first-order chi connectivity index (χ1) is 10.4. The fraction of sp³-hybridized carbons (Fsp3) is 0.143. The van der Waals surface area contributed by atoms with Crippen LogP contribution >= 0.6 is 28.1 Å². The van der Waals surface area contributed by atoms with Crippen molar-refractivity contribution in [1.82, 2.24) is 4.57 Å². The Bertz CT molecular complexity index is 686. The third kappa shape index (κ3) is 10.1. The number of hydrogen-bond acceptors (Lipinski definition) is 3. The molecule has 2 aromatic heterocycles. The Kier molecular flexibility index (Phi) is 10.6. The van der Waals surface area contributed by atoms with Crippen molar-refractivity contribution in [3.05, 3.63) is 58.0 Å². The van der Waals surface area contributed by atoms with Crippen LogP contribution in [0.15, 0.2) is 53.5 Å². The van der Waals surface area contributed by atoms with E-state index >= 15 is 0 Å². The summed E-state index contributed by atoms with van der Waals surface area (Å²) in [5.41, 5.74) is 9.97. The minimum atomic E-state index is -0.355.